The maximum Gasteiger partial charge on any atom is 0.247 e. The smallest absolute Gasteiger partial charge is 0.247 e. The van der Waals surface area contributed by atoms with Gasteiger partial charge in [0, 0.05) is 18.7 Å². The van der Waals surface area contributed by atoms with Gasteiger partial charge in [-0.2, -0.15) is 0 Å². The molecule has 0 radical (unpaired) electrons. The molecule has 0 bridgehead atoms. The monoisotopic (exact) mass is 334 g/mol. The predicted octanol–water partition coefficient (Wildman–Crippen LogP) is 4.50. The molecule has 24 heavy (non-hydrogen) atoms. The zero-order valence-corrected chi connectivity index (χ0v) is 14.1. The minimum Gasteiger partial charge on any atom is -0.332 e. The highest BCUT2D eigenvalue weighted by Crippen LogP contribution is 2.29. The summed E-state index contributed by atoms with van der Waals surface area (Å²) in [5.74, 6) is 0.0700. The molecule has 1 heterocycles. The summed E-state index contributed by atoms with van der Waals surface area (Å²) >= 11 is 1.61. The lowest BCUT2D eigenvalue weighted by Crippen LogP contribution is -2.31. The lowest BCUT2D eigenvalue weighted by molar-refractivity contribution is -0.127. The molecule has 4 rings (SSSR count). The molecule has 0 atom stereocenters. The second kappa shape index (κ2) is 6.57. The summed E-state index contributed by atoms with van der Waals surface area (Å²) in [4.78, 5) is 19.2. The molecule has 2 aromatic carbocycles. The first-order valence-corrected chi connectivity index (χ1v) is 8.99. The summed E-state index contributed by atoms with van der Waals surface area (Å²) in [5, 5.41) is 0.875. The molecule has 0 unspecified atom stereocenters. The van der Waals surface area contributed by atoms with Gasteiger partial charge in [-0.15, -0.1) is 11.3 Å². The van der Waals surface area contributed by atoms with E-state index in [9.17, 15) is 4.79 Å². The van der Waals surface area contributed by atoms with Gasteiger partial charge in [0.25, 0.3) is 0 Å². The van der Waals surface area contributed by atoms with Crippen molar-refractivity contribution in [1.82, 2.24) is 9.88 Å². The van der Waals surface area contributed by atoms with Gasteiger partial charge in [-0.1, -0.05) is 42.5 Å². The zero-order valence-electron chi connectivity index (χ0n) is 13.3. The minimum atomic E-state index is 0.0700. The number of carbonyl (C=O) groups is 1. The molecule has 0 N–H and O–H groups in total. The van der Waals surface area contributed by atoms with Crippen molar-refractivity contribution < 1.29 is 4.79 Å². The number of rotatable bonds is 5. The van der Waals surface area contributed by atoms with Crippen molar-refractivity contribution in [3.05, 3.63) is 71.2 Å². The van der Waals surface area contributed by atoms with Crippen molar-refractivity contribution in [2.75, 3.05) is 0 Å². The molecule has 3 aromatic rings. The van der Waals surface area contributed by atoms with Crippen molar-refractivity contribution >= 4 is 33.5 Å². The maximum absolute atomic E-state index is 12.6. The molecule has 1 saturated carbocycles. The highest BCUT2D eigenvalue weighted by Gasteiger charge is 2.31. The number of nitrogens with zero attached hydrogens (tertiary/aromatic N) is 2. The first kappa shape index (κ1) is 15.1. The molecule has 3 nitrogen and oxygen atoms in total. The number of aromatic nitrogens is 1. The maximum atomic E-state index is 12.6. The summed E-state index contributed by atoms with van der Waals surface area (Å²) in [6.07, 6.45) is 5.72. The number of fused-ring (bicyclic) bond motifs is 1. The van der Waals surface area contributed by atoms with Crippen molar-refractivity contribution in [2.45, 2.75) is 25.4 Å². The Morgan fingerprint density at radius 2 is 1.88 bits per heavy atom. The zero-order chi connectivity index (χ0) is 16.4. The minimum absolute atomic E-state index is 0.0700. The Hall–Kier alpha value is -2.46. The normalized spacial score (nSPS) is 14.3. The van der Waals surface area contributed by atoms with Gasteiger partial charge in [-0.05, 0) is 36.6 Å². The largest absolute Gasteiger partial charge is 0.332 e. The van der Waals surface area contributed by atoms with Crippen LogP contribution in [0.2, 0.25) is 0 Å². The molecule has 0 spiro atoms. The van der Waals surface area contributed by atoms with E-state index < -0.39 is 0 Å². The van der Waals surface area contributed by atoms with E-state index in [1.807, 2.05) is 47.4 Å². The van der Waals surface area contributed by atoms with Gasteiger partial charge in [-0.25, -0.2) is 4.98 Å². The van der Waals surface area contributed by atoms with Crippen LogP contribution in [0.15, 0.2) is 60.7 Å². The third kappa shape index (κ3) is 3.39. The van der Waals surface area contributed by atoms with Gasteiger partial charge in [0.05, 0.1) is 10.2 Å². The van der Waals surface area contributed by atoms with E-state index in [-0.39, 0.29) is 5.91 Å². The molecule has 120 valence electrons. The SMILES string of the molecule is O=C(/C=C/c1nc2ccccc2s1)N(Cc1ccccc1)C1CC1. The molecule has 1 fully saturated rings. The van der Waals surface area contributed by atoms with Crippen LogP contribution in [-0.4, -0.2) is 21.8 Å². The number of thiazole rings is 1. The van der Waals surface area contributed by atoms with Gasteiger partial charge in [-0.3, -0.25) is 4.79 Å². The summed E-state index contributed by atoms with van der Waals surface area (Å²) in [6, 6.07) is 18.6. The van der Waals surface area contributed by atoms with E-state index in [0.29, 0.717) is 12.6 Å². The Morgan fingerprint density at radius 1 is 1.12 bits per heavy atom. The Morgan fingerprint density at radius 3 is 2.62 bits per heavy atom. The Balaban J connectivity index is 1.50. The van der Waals surface area contributed by atoms with Crippen LogP contribution < -0.4 is 0 Å². The molecular weight excluding hydrogens is 316 g/mol. The van der Waals surface area contributed by atoms with Gasteiger partial charge in [0.15, 0.2) is 0 Å². The molecular formula is C20H18N2OS. The standard InChI is InChI=1S/C20H18N2OS/c23-20(13-12-19-21-17-8-4-5-9-18(17)24-19)22(16-10-11-16)14-15-6-2-1-3-7-15/h1-9,12-13,16H,10-11,14H2/b13-12+. The third-order valence-corrected chi connectivity index (χ3v) is 5.15. The second-order valence-corrected chi connectivity index (χ2v) is 7.10. The predicted molar refractivity (Wildman–Crippen MR) is 98.7 cm³/mol. The van der Waals surface area contributed by atoms with E-state index in [0.717, 1.165) is 28.1 Å². The number of carbonyl (C=O) groups excluding carboxylic acids is 1. The van der Waals surface area contributed by atoms with Gasteiger partial charge < -0.3 is 4.90 Å². The average Bonchev–Trinajstić information content (AvgIpc) is 3.37. The highest BCUT2D eigenvalue weighted by atomic mass is 32.1. The second-order valence-electron chi connectivity index (χ2n) is 6.04. The van der Waals surface area contributed by atoms with Crippen LogP contribution in [0.5, 0.6) is 0 Å². The quantitative estimate of drug-likeness (QED) is 0.644. The molecule has 4 heteroatoms. The Labute approximate surface area is 145 Å². The Kier molecular flexibility index (Phi) is 4.13. The molecule has 1 aromatic heterocycles. The van der Waals surface area contributed by atoms with E-state index >= 15 is 0 Å². The van der Waals surface area contributed by atoms with Crippen LogP contribution in [0.1, 0.15) is 23.4 Å². The lowest BCUT2D eigenvalue weighted by Gasteiger charge is -2.20. The average molecular weight is 334 g/mol. The van der Waals surface area contributed by atoms with Crippen molar-refractivity contribution in [2.24, 2.45) is 0 Å². The summed E-state index contributed by atoms with van der Waals surface area (Å²) < 4.78 is 1.15. The van der Waals surface area contributed by atoms with Gasteiger partial charge in [0.1, 0.15) is 5.01 Å². The summed E-state index contributed by atoms with van der Waals surface area (Å²) in [5.41, 5.74) is 2.16. The number of para-hydroxylation sites is 1. The molecule has 1 amide bonds. The molecule has 1 aliphatic rings. The number of amides is 1. The first-order valence-electron chi connectivity index (χ1n) is 8.18. The van der Waals surface area contributed by atoms with E-state index in [2.05, 4.69) is 23.2 Å². The van der Waals surface area contributed by atoms with Gasteiger partial charge in [0.2, 0.25) is 5.91 Å². The highest BCUT2D eigenvalue weighted by molar-refractivity contribution is 7.19. The van der Waals surface area contributed by atoms with Crippen LogP contribution in [0, 0.1) is 0 Å². The fourth-order valence-corrected chi connectivity index (χ4v) is 3.62. The lowest BCUT2D eigenvalue weighted by atomic mass is 10.2. The summed E-state index contributed by atoms with van der Waals surface area (Å²) in [6.45, 7) is 0.675. The van der Waals surface area contributed by atoms with Crippen LogP contribution >= 0.6 is 11.3 Å². The van der Waals surface area contributed by atoms with E-state index in [1.165, 1.54) is 5.56 Å². The number of benzene rings is 2. The fourth-order valence-electron chi connectivity index (χ4n) is 2.75. The first-order chi connectivity index (χ1) is 11.8. The van der Waals surface area contributed by atoms with Crippen molar-refractivity contribution in [3.63, 3.8) is 0 Å². The van der Waals surface area contributed by atoms with Gasteiger partial charge >= 0.3 is 0 Å². The number of hydrogen-bond acceptors (Lipinski definition) is 3. The third-order valence-electron chi connectivity index (χ3n) is 4.15. The molecule has 0 aliphatic heterocycles. The number of hydrogen-bond donors (Lipinski definition) is 0. The molecule has 0 saturated heterocycles. The van der Waals surface area contributed by atoms with Crippen LogP contribution in [-0.2, 0) is 11.3 Å². The van der Waals surface area contributed by atoms with Crippen LogP contribution in [0.25, 0.3) is 16.3 Å². The van der Waals surface area contributed by atoms with Crippen LogP contribution in [0.4, 0.5) is 0 Å². The van der Waals surface area contributed by atoms with E-state index in [4.69, 9.17) is 0 Å². The molecule has 1 aliphatic carbocycles. The Bertz CT molecular complexity index is 848. The van der Waals surface area contributed by atoms with Crippen molar-refractivity contribution in [1.29, 1.82) is 0 Å². The fraction of sp³-hybridized carbons (Fsp3) is 0.200. The van der Waals surface area contributed by atoms with Crippen LogP contribution in [0.3, 0.4) is 0 Å². The van der Waals surface area contributed by atoms with Crippen molar-refractivity contribution in [3.8, 4) is 0 Å². The topological polar surface area (TPSA) is 33.2 Å². The van der Waals surface area contributed by atoms with E-state index in [1.54, 1.807) is 17.4 Å². The summed E-state index contributed by atoms with van der Waals surface area (Å²) in [7, 11) is 0.